The highest BCUT2D eigenvalue weighted by atomic mass is 16.5. The molecule has 2 atom stereocenters. The summed E-state index contributed by atoms with van der Waals surface area (Å²) in [5.74, 6) is 0. The van der Waals surface area contributed by atoms with E-state index in [1.165, 1.54) is 0 Å². The second-order valence-electron chi connectivity index (χ2n) is 3.21. The third-order valence-electron chi connectivity index (χ3n) is 2.32. The van der Waals surface area contributed by atoms with E-state index in [1.54, 1.807) is 27.7 Å². The molecule has 0 amide bonds. The van der Waals surface area contributed by atoms with Gasteiger partial charge in [-0.05, 0) is 27.7 Å². The van der Waals surface area contributed by atoms with Gasteiger partial charge < -0.3 is 15.6 Å². The monoisotopic (exact) mass is 203 g/mol. The van der Waals surface area contributed by atoms with Crippen LogP contribution in [0.4, 0.5) is 0 Å². The minimum atomic E-state index is -0.438. The van der Waals surface area contributed by atoms with Crippen molar-refractivity contribution in [3.8, 4) is 0 Å². The fraction of sp³-hybridized carbons (Fsp3) is 0.750. The first-order valence-electron chi connectivity index (χ1n) is 4.30. The minimum absolute atomic E-state index is 0.380. The summed E-state index contributed by atoms with van der Waals surface area (Å²) < 4.78 is 0. The number of hydrogen-bond acceptors (Lipinski definition) is 6. The van der Waals surface area contributed by atoms with Crippen molar-refractivity contribution in [2.45, 2.75) is 39.8 Å². The zero-order valence-electron chi connectivity index (χ0n) is 8.84. The molecule has 0 aliphatic heterocycles. The molecule has 0 heterocycles. The van der Waals surface area contributed by atoms with Crippen LogP contribution in [0, 0.1) is 0 Å². The van der Waals surface area contributed by atoms with Crippen LogP contribution in [0.25, 0.3) is 0 Å². The number of hydrogen-bond donors (Lipinski definition) is 3. The molecule has 14 heavy (non-hydrogen) atoms. The molecule has 0 aliphatic rings. The highest BCUT2D eigenvalue weighted by Gasteiger charge is 2.22. The third-order valence-corrected chi connectivity index (χ3v) is 2.32. The average molecular weight is 203 g/mol. The maximum absolute atomic E-state index is 9.64. The maximum Gasteiger partial charge on any atom is 0.0741 e. The maximum atomic E-state index is 9.64. The van der Waals surface area contributed by atoms with Gasteiger partial charge in [0.25, 0.3) is 0 Å². The van der Waals surface area contributed by atoms with E-state index in [2.05, 4.69) is 10.3 Å². The summed E-state index contributed by atoms with van der Waals surface area (Å²) >= 11 is 0. The molecule has 0 aromatic heterocycles. The predicted molar refractivity (Wildman–Crippen MR) is 52.3 cm³/mol. The molecule has 0 aromatic carbocycles. The topological polar surface area (TPSA) is 88.7 Å². The van der Waals surface area contributed by atoms with Crippen LogP contribution >= 0.6 is 0 Å². The zero-order valence-corrected chi connectivity index (χ0v) is 8.84. The molecular weight excluding hydrogens is 186 g/mol. The lowest BCUT2D eigenvalue weighted by molar-refractivity contribution is -0.116. The predicted octanol–water partition coefficient (Wildman–Crippen LogP) is 1.15. The Hall–Kier alpha value is -1.14. The Kier molecular flexibility index (Phi) is 5.11. The highest BCUT2D eigenvalue weighted by Crippen LogP contribution is 2.05. The van der Waals surface area contributed by atoms with Crippen LogP contribution in [-0.4, -0.2) is 44.2 Å². The van der Waals surface area contributed by atoms with Gasteiger partial charge in [0.2, 0.25) is 0 Å². The van der Waals surface area contributed by atoms with Gasteiger partial charge in [-0.3, -0.25) is 0 Å². The van der Waals surface area contributed by atoms with Crippen molar-refractivity contribution in [1.82, 2.24) is 5.06 Å². The van der Waals surface area contributed by atoms with Crippen molar-refractivity contribution in [2.75, 3.05) is 0 Å². The van der Waals surface area contributed by atoms with Crippen molar-refractivity contribution >= 4 is 11.4 Å². The standard InChI is InChI=1S/C8H17N3O3/c1-5(9-12)7(3)11(14)8(4)6(2)10-13/h7-8,12-14H,1-4H3/b9-5+,10-6+. The first-order chi connectivity index (χ1) is 6.45. The summed E-state index contributed by atoms with van der Waals surface area (Å²) in [5, 5.41) is 33.6. The van der Waals surface area contributed by atoms with Gasteiger partial charge in [-0.2, -0.15) is 5.06 Å². The summed E-state index contributed by atoms with van der Waals surface area (Å²) in [6.07, 6.45) is 0. The largest absolute Gasteiger partial charge is 0.411 e. The van der Waals surface area contributed by atoms with E-state index >= 15 is 0 Å². The molecule has 6 heteroatoms. The molecule has 6 nitrogen and oxygen atoms in total. The van der Waals surface area contributed by atoms with E-state index in [-0.39, 0.29) is 0 Å². The van der Waals surface area contributed by atoms with Crippen LogP contribution in [0.3, 0.4) is 0 Å². The summed E-state index contributed by atoms with van der Waals surface area (Å²) in [6, 6.07) is -0.876. The smallest absolute Gasteiger partial charge is 0.0741 e. The van der Waals surface area contributed by atoms with Gasteiger partial charge in [0.1, 0.15) is 0 Å². The van der Waals surface area contributed by atoms with Crippen LogP contribution < -0.4 is 0 Å². The molecule has 0 spiro atoms. The Morgan fingerprint density at radius 1 is 1.00 bits per heavy atom. The van der Waals surface area contributed by atoms with Gasteiger partial charge >= 0.3 is 0 Å². The first kappa shape index (κ1) is 12.9. The summed E-state index contributed by atoms with van der Waals surface area (Å²) in [5.41, 5.74) is 0.759. The van der Waals surface area contributed by atoms with E-state index in [1.807, 2.05) is 0 Å². The lowest BCUT2D eigenvalue weighted by Crippen LogP contribution is -2.44. The lowest BCUT2D eigenvalue weighted by Gasteiger charge is -2.27. The molecule has 82 valence electrons. The minimum Gasteiger partial charge on any atom is -0.411 e. The molecule has 0 aromatic rings. The van der Waals surface area contributed by atoms with Gasteiger partial charge in [0.15, 0.2) is 0 Å². The Morgan fingerprint density at radius 2 is 1.29 bits per heavy atom. The normalized spacial score (nSPS) is 18.4. The second-order valence-corrected chi connectivity index (χ2v) is 3.21. The van der Waals surface area contributed by atoms with Crippen LogP contribution in [0.5, 0.6) is 0 Å². The number of nitrogens with zero attached hydrogens (tertiary/aromatic N) is 3. The van der Waals surface area contributed by atoms with Gasteiger partial charge in [0, 0.05) is 0 Å². The molecule has 0 aliphatic carbocycles. The molecule has 0 saturated carbocycles. The molecule has 0 fully saturated rings. The summed E-state index contributed by atoms with van der Waals surface area (Å²) in [4.78, 5) is 0. The SMILES string of the molecule is C/C(=N\O)C(C)N(O)C(C)/C(C)=N/O. The Balaban J connectivity index is 4.54. The van der Waals surface area contributed by atoms with E-state index < -0.39 is 12.1 Å². The van der Waals surface area contributed by atoms with Gasteiger partial charge in [-0.25, -0.2) is 0 Å². The molecule has 0 radical (unpaired) electrons. The van der Waals surface area contributed by atoms with Crippen molar-refractivity contribution in [3.63, 3.8) is 0 Å². The van der Waals surface area contributed by atoms with Crippen LogP contribution in [-0.2, 0) is 0 Å². The van der Waals surface area contributed by atoms with E-state index in [9.17, 15) is 5.21 Å². The lowest BCUT2D eigenvalue weighted by atomic mass is 10.1. The number of rotatable bonds is 4. The molecule has 2 unspecified atom stereocenters. The number of hydroxylamine groups is 2. The van der Waals surface area contributed by atoms with Crippen LogP contribution in [0.1, 0.15) is 27.7 Å². The third kappa shape index (κ3) is 2.97. The molecular formula is C8H17N3O3. The Bertz CT molecular complexity index is 216. The van der Waals surface area contributed by atoms with Crippen LogP contribution in [0.2, 0.25) is 0 Å². The fourth-order valence-corrected chi connectivity index (χ4v) is 0.885. The molecule has 3 N–H and O–H groups in total. The highest BCUT2D eigenvalue weighted by molar-refractivity contribution is 5.89. The van der Waals surface area contributed by atoms with Crippen molar-refractivity contribution in [3.05, 3.63) is 0 Å². The van der Waals surface area contributed by atoms with Gasteiger partial charge in [-0.15, -0.1) is 0 Å². The molecule has 0 saturated heterocycles. The van der Waals surface area contributed by atoms with E-state index in [0.29, 0.717) is 11.4 Å². The fourth-order valence-electron chi connectivity index (χ4n) is 0.885. The van der Waals surface area contributed by atoms with Crippen molar-refractivity contribution in [1.29, 1.82) is 0 Å². The average Bonchev–Trinajstić information content (AvgIpc) is 2.23. The summed E-state index contributed by atoms with van der Waals surface area (Å²) in [7, 11) is 0. The zero-order chi connectivity index (χ0) is 11.3. The second kappa shape index (κ2) is 5.56. The van der Waals surface area contributed by atoms with Gasteiger partial charge in [-0.1, -0.05) is 10.3 Å². The van der Waals surface area contributed by atoms with Crippen LogP contribution in [0.15, 0.2) is 10.3 Å². The van der Waals surface area contributed by atoms with E-state index in [4.69, 9.17) is 10.4 Å². The van der Waals surface area contributed by atoms with Crippen molar-refractivity contribution in [2.24, 2.45) is 10.3 Å². The summed E-state index contributed by atoms with van der Waals surface area (Å²) in [6.45, 7) is 6.53. The Morgan fingerprint density at radius 3 is 1.50 bits per heavy atom. The molecule has 0 rings (SSSR count). The quantitative estimate of drug-likeness (QED) is 0.363. The Labute approximate surface area is 83.1 Å². The first-order valence-corrected chi connectivity index (χ1v) is 4.30. The number of oxime groups is 2. The van der Waals surface area contributed by atoms with Gasteiger partial charge in [0.05, 0.1) is 23.5 Å². The van der Waals surface area contributed by atoms with E-state index in [0.717, 1.165) is 5.06 Å². The van der Waals surface area contributed by atoms with Crippen molar-refractivity contribution < 1.29 is 15.6 Å². The molecule has 0 bridgehead atoms.